The molecule has 12 atom stereocenters. The summed E-state index contributed by atoms with van der Waals surface area (Å²) in [5, 5.41) is 12.1. The zero-order chi connectivity index (χ0) is 24.5. The van der Waals surface area contributed by atoms with Crippen LogP contribution in [0.25, 0.3) is 0 Å². The van der Waals surface area contributed by atoms with Crippen LogP contribution in [0.2, 0.25) is 0 Å². The highest BCUT2D eigenvalue weighted by atomic mass is 16.7. The lowest BCUT2D eigenvalue weighted by molar-refractivity contribution is -0.255. The van der Waals surface area contributed by atoms with Crippen LogP contribution in [-0.2, 0) is 19.0 Å². The van der Waals surface area contributed by atoms with E-state index >= 15 is 0 Å². The van der Waals surface area contributed by atoms with Crippen LogP contribution in [0.4, 0.5) is 0 Å². The molecule has 34 heavy (non-hydrogen) atoms. The fourth-order valence-corrected chi connectivity index (χ4v) is 9.55. The van der Waals surface area contributed by atoms with E-state index in [2.05, 4.69) is 13.8 Å². The Morgan fingerprint density at radius 2 is 1.79 bits per heavy atom. The second-order valence-corrected chi connectivity index (χ2v) is 13.0. The minimum absolute atomic E-state index is 0.0232. The van der Waals surface area contributed by atoms with Crippen molar-refractivity contribution >= 4 is 5.78 Å². The lowest BCUT2D eigenvalue weighted by atomic mass is 9.43. The SMILES string of the molecule is CO[C@@H]1C[C@H](O[C@H]2CC[C@@]3(C)[C@@H](CC[C@H]4[C@@H]3CC[C@]3(C)[C@@H](C(C)=O)CC[C@]43O)C2)O[C@H](C)[C@H]1N. The van der Waals surface area contributed by atoms with Gasteiger partial charge in [-0.15, -0.1) is 0 Å². The first kappa shape index (κ1) is 25.1. The van der Waals surface area contributed by atoms with Crippen LogP contribution >= 0.6 is 0 Å². The van der Waals surface area contributed by atoms with Crippen LogP contribution in [0, 0.1) is 34.5 Å². The van der Waals surface area contributed by atoms with Crippen molar-refractivity contribution in [1.82, 2.24) is 0 Å². The summed E-state index contributed by atoms with van der Waals surface area (Å²) in [6.07, 6.45) is 9.80. The standard InChI is InChI=1S/C28H47NO5/c1-16(30)20-10-13-28(31)22-7-6-18-14-19(34-24-15-23(32-5)25(29)17(2)33-24)8-11-26(18,3)21(22)9-12-27(20,28)4/h17-25,31H,6-15,29H2,1-5H3/t17-,18+,19+,20-,21+,22+,23-,24+,25-,26+,27-,28+/m1/s1. The zero-order valence-corrected chi connectivity index (χ0v) is 21.9. The molecule has 6 heteroatoms. The van der Waals surface area contributed by atoms with Gasteiger partial charge in [0.05, 0.1) is 30.0 Å². The van der Waals surface area contributed by atoms with Crippen LogP contribution in [0.1, 0.15) is 91.9 Å². The Bertz CT molecular complexity index is 791. The van der Waals surface area contributed by atoms with Crippen molar-refractivity contribution < 1.29 is 24.1 Å². The Kier molecular flexibility index (Phi) is 6.50. The van der Waals surface area contributed by atoms with E-state index in [-0.39, 0.29) is 53.2 Å². The molecular formula is C28H47NO5. The molecule has 0 aromatic carbocycles. The van der Waals surface area contributed by atoms with E-state index in [1.54, 1.807) is 14.0 Å². The van der Waals surface area contributed by atoms with Crippen molar-refractivity contribution in [3.05, 3.63) is 0 Å². The van der Waals surface area contributed by atoms with Crippen LogP contribution < -0.4 is 5.73 Å². The lowest BCUT2D eigenvalue weighted by Gasteiger charge is -2.63. The van der Waals surface area contributed by atoms with Crippen LogP contribution in [0.5, 0.6) is 0 Å². The third-order valence-corrected chi connectivity index (χ3v) is 11.7. The van der Waals surface area contributed by atoms with Gasteiger partial charge in [-0.2, -0.15) is 0 Å². The lowest BCUT2D eigenvalue weighted by Crippen LogP contribution is -2.62. The molecule has 1 aliphatic heterocycles. The molecule has 0 unspecified atom stereocenters. The minimum atomic E-state index is -0.687. The normalized spacial score (nSPS) is 55.2. The Hall–Kier alpha value is -0.530. The number of ether oxygens (including phenoxy) is 3. The zero-order valence-electron chi connectivity index (χ0n) is 21.9. The number of fused-ring (bicyclic) bond motifs is 5. The average Bonchev–Trinajstić information content (AvgIpc) is 3.07. The molecule has 5 rings (SSSR count). The van der Waals surface area contributed by atoms with E-state index in [0.29, 0.717) is 24.2 Å². The first-order valence-electron chi connectivity index (χ1n) is 13.9. The van der Waals surface area contributed by atoms with Crippen molar-refractivity contribution in [2.24, 2.45) is 40.2 Å². The molecule has 4 saturated carbocycles. The molecule has 6 nitrogen and oxygen atoms in total. The fourth-order valence-electron chi connectivity index (χ4n) is 9.55. The molecule has 1 saturated heterocycles. The Balaban J connectivity index is 1.27. The number of hydrogen-bond acceptors (Lipinski definition) is 6. The van der Waals surface area contributed by atoms with Gasteiger partial charge < -0.3 is 25.1 Å². The number of Topliss-reactive ketones (excluding diaryl/α,β-unsaturated/α-hetero) is 1. The number of methoxy groups -OCH3 is 1. The van der Waals surface area contributed by atoms with E-state index in [0.717, 1.165) is 57.8 Å². The number of rotatable bonds is 4. The Morgan fingerprint density at radius 1 is 1.03 bits per heavy atom. The van der Waals surface area contributed by atoms with Gasteiger partial charge in [0, 0.05) is 24.9 Å². The summed E-state index contributed by atoms with van der Waals surface area (Å²) in [5.74, 6) is 1.77. The summed E-state index contributed by atoms with van der Waals surface area (Å²) in [5.41, 5.74) is 5.54. The van der Waals surface area contributed by atoms with Gasteiger partial charge >= 0.3 is 0 Å². The Morgan fingerprint density at radius 3 is 2.50 bits per heavy atom. The first-order chi connectivity index (χ1) is 16.0. The summed E-state index contributed by atoms with van der Waals surface area (Å²) in [6.45, 7) is 8.44. The third-order valence-electron chi connectivity index (χ3n) is 11.7. The number of carbonyl (C=O) groups excluding carboxylic acids is 1. The Labute approximate surface area is 205 Å². The highest BCUT2D eigenvalue weighted by Crippen LogP contribution is 2.69. The largest absolute Gasteiger partial charge is 0.389 e. The van der Waals surface area contributed by atoms with Gasteiger partial charge in [0.1, 0.15) is 5.78 Å². The average molecular weight is 478 g/mol. The number of carbonyl (C=O) groups is 1. The highest BCUT2D eigenvalue weighted by molar-refractivity contribution is 5.80. The third kappa shape index (κ3) is 3.65. The van der Waals surface area contributed by atoms with Gasteiger partial charge in [-0.25, -0.2) is 0 Å². The molecule has 5 aliphatic rings. The molecule has 1 heterocycles. The molecule has 0 aromatic heterocycles. The topological polar surface area (TPSA) is 91.0 Å². The summed E-state index contributed by atoms with van der Waals surface area (Å²) in [4.78, 5) is 12.4. The van der Waals surface area contributed by atoms with Crippen molar-refractivity contribution in [3.8, 4) is 0 Å². The fraction of sp³-hybridized carbons (Fsp3) is 0.964. The number of hydrogen-bond donors (Lipinski definition) is 2. The molecule has 5 fully saturated rings. The number of ketones is 1. The minimum Gasteiger partial charge on any atom is -0.389 e. The maximum absolute atomic E-state index is 12.4. The van der Waals surface area contributed by atoms with Crippen molar-refractivity contribution in [2.45, 2.75) is 128 Å². The number of nitrogens with two attached hydrogens (primary N) is 1. The highest BCUT2D eigenvalue weighted by Gasteiger charge is 2.67. The predicted molar refractivity (Wildman–Crippen MR) is 130 cm³/mol. The molecule has 3 N–H and O–H groups in total. The molecular weight excluding hydrogens is 430 g/mol. The van der Waals surface area contributed by atoms with Gasteiger partial charge in [0.2, 0.25) is 0 Å². The van der Waals surface area contributed by atoms with Gasteiger partial charge in [-0.05, 0) is 94.8 Å². The van der Waals surface area contributed by atoms with E-state index in [1.165, 1.54) is 0 Å². The number of aliphatic hydroxyl groups is 1. The smallest absolute Gasteiger partial charge is 0.160 e. The van der Waals surface area contributed by atoms with E-state index < -0.39 is 5.60 Å². The molecule has 0 spiro atoms. The maximum Gasteiger partial charge on any atom is 0.160 e. The molecule has 0 amide bonds. The molecule has 0 bridgehead atoms. The van der Waals surface area contributed by atoms with E-state index in [9.17, 15) is 9.90 Å². The van der Waals surface area contributed by atoms with Gasteiger partial charge in [-0.3, -0.25) is 4.79 Å². The maximum atomic E-state index is 12.4. The summed E-state index contributed by atoms with van der Waals surface area (Å²) < 4.78 is 18.2. The van der Waals surface area contributed by atoms with Gasteiger partial charge in [0.25, 0.3) is 0 Å². The monoisotopic (exact) mass is 477 g/mol. The van der Waals surface area contributed by atoms with Gasteiger partial charge in [-0.1, -0.05) is 13.8 Å². The molecule has 0 radical (unpaired) electrons. The van der Waals surface area contributed by atoms with Crippen molar-refractivity contribution in [1.29, 1.82) is 0 Å². The molecule has 194 valence electrons. The predicted octanol–water partition coefficient (Wildman–Crippen LogP) is 4.21. The van der Waals surface area contributed by atoms with Crippen LogP contribution in [0.3, 0.4) is 0 Å². The second kappa shape index (κ2) is 8.79. The summed E-state index contributed by atoms with van der Waals surface area (Å²) >= 11 is 0. The summed E-state index contributed by atoms with van der Waals surface area (Å²) in [6, 6.07) is -0.115. The molecule has 0 aromatic rings. The van der Waals surface area contributed by atoms with E-state index in [4.69, 9.17) is 19.9 Å². The first-order valence-corrected chi connectivity index (χ1v) is 13.9. The van der Waals surface area contributed by atoms with Crippen molar-refractivity contribution in [3.63, 3.8) is 0 Å². The second-order valence-electron chi connectivity index (χ2n) is 13.0. The van der Waals surface area contributed by atoms with E-state index in [1.807, 2.05) is 6.92 Å². The quantitative estimate of drug-likeness (QED) is 0.590. The van der Waals surface area contributed by atoms with Gasteiger partial charge in [0.15, 0.2) is 6.29 Å². The van der Waals surface area contributed by atoms with Crippen molar-refractivity contribution in [2.75, 3.05) is 7.11 Å². The van der Waals surface area contributed by atoms with Crippen LogP contribution in [-0.4, -0.2) is 54.2 Å². The summed E-state index contributed by atoms with van der Waals surface area (Å²) in [7, 11) is 1.72. The van der Waals surface area contributed by atoms with Crippen LogP contribution in [0.15, 0.2) is 0 Å². The molecule has 4 aliphatic carbocycles.